The Hall–Kier alpha value is -3.75. The highest BCUT2D eigenvalue weighted by molar-refractivity contribution is 5.76. The second-order valence-corrected chi connectivity index (χ2v) is 8.00. The Labute approximate surface area is 183 Å². The van der Waals surface area contributed by atoms with Gasteiger partial charge < -0.3 is 9.30 Å². The zero-order valence-electron chi connectivity index (χ0n) is 18.0. The third-order valence-corrected chi connectivity index (χ3v) is 5.86. The van der Waals surface area contributed by atoms with E-state index in [4.69, 9.17) is 9.72 Å². The molecule has 0 atom stereocenters. The molecule has 3 heterocycles. The Kier molecular flexibility index (Phi) is 5.08. The lowest BCUT2D eigenvalue weighted by atomic mass is 9.96. The van der Waals surface area contributed by atoms with Gasteiger partial charge in [-0.2, -0.15) is 0 Å². The standard InChI is InChI=1S/C23H24N6O3/c1-3-28-21-19(22(30)27-23(28)31)29(13-15-8-5-4-6-9-15)20(26-21)18-14(2)25-17(12-24-18)32-16-10-7-11-16/h4-6,8-9,12,16H,3,7,10-11,13H2,1-2H3,(H,27,30,31). The summed E-state index contributed by atoms with van der Waals surface area (Å²) in [6.07, 6.45) is 5.05. The van der Waals surface area contributed by atoms with Gasteiger partial charge in [0.05, 0.1) is 11.9 Å². The van der Waals surface area contributed by atoms with Crippen molar-refractivity contribution in [2.24, 2.45) is 0 Å². The minimum Gasteiger partial charge on any atom is -0.473 e. The van der Waals surface area contributed by atoms with Crippen molar-refractivity contribution in [2.75, 3.05) is 0 Å². The number of nitrogens with zero attached hydrogens (tertiary/aromatic N) is 5. The zero-order valence-corrected chi connectivity index (χ0v) is 18.0. The summed E-state index contributed by atoms with van der Waals surface area (Å²) in [6, 6.07) is 9.78. The lowest BCUT2D eigenvalue weighted by Gasteiger charge is -2.25. The number of rotatable bonds is 6. The summed E-state index contributed by atoms with van der Waals surface area (Å²) in [6.45, 7) is 4.47. The van der Waals surface area contributed by atoms with Crippen molar-refractivity contribution in [2.45, 2.75) is 52.3 Å². The minimum absolute atomic E-state index is 0.203. The second kappa shape index (κ2) is 8.07. The molecule has 1 fully saturated rings. The molecule has 0 radical (unpaired) electrons. The topological polar surface area (TPSA) is 108 Å². The Morgan fingerprint density at radius 2 is 1.91 bits per heavy atom. The van der Waals surface area contributed by atoms with Crippen molar-refractivity contribution in [3.05, 3.63) is 68.6 Å². The number of hydrogen-bond acceptors (Lipinski definition) is 6. The predicted molar refractivity (Wildman–Crippen MR) is 120 cm³/mol. The number of fused-ring (bicyclic) bond motifs is 1. The third-order valence-electron chi connectivity index (χ3n) is 5.86. The lowest BCUT2D eigenvalue weighted by Crippen LogP contribution is -2.30. The van der Waals surface area contributed by atoms with Gasteiger partial charge in [-0.15, -0.1) is 0 Å². The molecule has 1 aromatic carbocycles. The molecule has 0 bridgehead atoms. The summed E-state index contributed by atoms with van der Waals surface area (Å²) in [5, 5.41) is 0. The second-order valence-electron chi connectivity index (χ2n) is 8.00. The maximum Gasteiger partial charge on any atom is 0.330 e. The summed E-state index contributed by atoms with van der Waals surface area (Å²) >= 11 is 0. The van der Waals surface area contributed by atoms with E-state index in [2.05, 4.69) is 15.0 Å². The van der Waals surface area contributed by atoms with Crippen molar-refractivity contribution in [1.82, 2.24) is 29.1 Å². The Morgan fingerprint density at radius 1 is 1.12 bits per heavy atom. The zero-order chi connectivity index (χ0) is 22.2. The molecule has 0 spiro atoms. The molecule has 0 aliphatic heterocycles. The fourth-order valence-electron chi connectivity index (χ4n) is 3.96. The van der Waals surface area contributed by atoms with Crippen LogP contribution in [-0.2, 0) is 13.1 Å². The highest BCUT2D eigenvalue weighted by atomic mass is 16.5. The van der Waals surface area contributed by atoms with Crippen LogP contribution in [0, 0.1) is 6.92 Å². The molecule has 9 heteroatoms. The Bertz CT molecular complexity index is 1400. The van der Waals surface area contributed by atoms with Gasteiger partial charge in [-0.3, -0.25) is 14.3 Å². The van der Waals surface area contributed by atoms with Crippen LogP contribution in [0.3, 0.4) is 0 Å². The van der Waals surface area contributed by atoms with E-state index in [1.54, 1.807) is 10.8 Å². The predicted octanol–water partition coefficient (Wildman–Crippen LogP) is 2.65. The molecular formula is C23H24N6O3. The molecule has 164 valence electrons. The van der Waals surface area contributed by atoms with Gasteiger partial charge in [-0.05, 0) is 38.7 Å². The number of H-pyrrole nitrogens is 1. The number of nitrogens with one attached hydrogen (secondary N) is 1. The molecule has 1 saturated carbocycles. The minimum atomic E-state index is -0.479. The largest absolute Gasteiger partial charge is 0.473 e. The number of aromatic nitrogens is 6. The van der Waals surface area contributed by atoms with Crippen molar-refractivity contribution in [1.29, 1.82) is 0 Å². The van der Waals surface area contributed by atoms with Gasteiger partial charge in [0.25, 0.3) is 5.56 Å². The normalized spacial score (nSPS) is 13.9. The quantitative estimate of drug-likeness (QED) is 0.502. The molecular weight excluding hydrogens is 408 g/mol. The number of aromatic amines is 1. The maximum absolute atomic E-state index is 12.8. The van der Waals surface area contributed by atoms with E-state index in [9.17, 15) is 9.59 Å². The Morgan fingerprint density at radius 3 is 2.56 bits per heavy atom. The summed E-state index contributed by atoms with van der Waals surface area (Å²) < 4.78 is 9.14. The fourth-order valence-corrected chi connectivity index (χ4v) is 3.96. The summed E-state index contributed by atoms with van der Waals surface area (Å²) in [5.74, 6) is 0.979. The van der Waals surface area contributed by atoms with Crippen molar-refractivity contribution >= 4 is 11.2 Å². The number of hydrogen-bond donors (Lipinski definition) is 1. The number of imidazole rings is 1. The van der Waals surface area contributed by atoms with E-state index in [-0.39, 0.29) is 6.10 Å². The Balaban J connectivity index is 1.69. The van der Waals surface area contributed by atoms with Crippen LogP contribution in [0.4, 0.5) is 0 Å². The van der Waals surface area contributed by atoms with E-state index >= 15 is 0 Å². The van der Waals surface area contributed by atoms with Crippen LogP contribution in [0.25, 0.3) is 22.7 Å². The van der Waals surface area contributed by atoms with Gasteiger partial charge in [0.2, 0.25) is 5.88 Å². The van der Waals surface area contributed by atoms with E-state index in [1.165, 1.54) is 11.0 Å². The monoisotopic (exact) mass is 432 g/mol. The van der Waals surface area contributed by atoms with Crippen LogP contribution >= 0.6 is 0 Å². The first-order chi connectivity index (χ1) is 15.5. The molecule has 0 amide bonds. The van der Waals surface area contributed by atoms with Crippen LogP contribution < -0.4 is 16.0 Å². The molecule has 0 unspecified atom stereocenters. The van der Waals surface area contributed by atoms with E-state index < -0.39 is 11.2 Å². The SMILES string of the molecule is CCn1c(=O)[nH]c(=O)c2c1nc(-c1ncc(OC3CCC3)nc1C)n2Cc1ccccc1. The fraction of sp³-hybridized carbons (Fsp3) is 0.348. The molecule has 1 aliphatic carbocycles. The van der Waals surface area contributed by atoms with E-state index in [1.807, 2.05) is 44.2 Å². The van der Waals surface area contributed by atoms with Gasteiger partial charge in [-0.25, -0.2) is 19.7 Å². The third kappa shape index (κ3) is 3.49. The summed E-state index contributed by atoms with van der Waals surface area (Å²) in [4.78, 5) is 41.5. The summed E-state index contributed by atoms with van der Waals surface area (Å²) in [5.41, 5.74) is 1.91. The first-order valence-electron chi connectivity index (χ1n) is 10.8. The molecule has 0 saturated heterocycles. The van der Waals surface area contributed by atoms with E-state index in [0.717, 1.165) is 18.4 Å². The smallest absolute Gasteiger partial charge is 0.330 e. The van der Waals surface area contributed by atoms with Crippen LogP contribution in [0.5, 0.6) is 5.88 Å². The lowest BCUT2D eigenvalue weighted by molar-refractivity contribution is 0.114. The van der Waals surface area contributed by atoms with Crippen LogP contribution in [0.2, 0.25) is 0 Å². The van der Waals surface area contributed by atoms with Crippen LogP contribution in [-0.4, -0.2) is 35.2 Å². The van der Waals surface area contributed by atoms with Gasteiger partial charge >= 0.3 is 5.69 Å². The average molecular weight is 432 g/mol. The summed E-state index contributed by atoms with van der Waals surface area (Å²) in [7, 11) is 0. The highest BCUT2D eigenvalue weighted by Crippen LogP contribution is 2.27. The van der Waals surface area contributed by atoms with Crippen LogP contribution in [0.15, 0.2) is 46.1 Å². The van der Waals surface area contributed by atoms with Crippen LogP contribution in [0.1, 0.15) is 37.4 Å². The highest BCUT2D eigenvalue weighted by Gasteiger charge is 2.23. The van der Waals surface area contributed by atoms with Crippen molar-refractivity contribution in [3.8, 4) is 17.4 Å². The van der Waals surface area contributed by atoms with Gasteiger partial charge in [0, 0.05) is 13.1 Å². The number of ether oxygens (including phenoxy) is 1. The van der Waals surface area contributed by atoms with Gasteiger partial charge in [-0.1, -0.05) is 30.3 Å². The molecule has 9 nitrogen and oxygen atoms in total. The molecule has 3 aromatic heterocycles. The molecule has 32 heavy (non-hydrogen) atoms. The van der Waals surface area contributed by atoms with Gasteiger partial charge in [0.15, 0.2) is 17.0 Å². The first-order valence-corrected chi connectivity index (χ1v) is 10.8. The van der Waals surface area contributed by atoms with Gasteiger partial charge in [0.1, 0.15) is 11.8 Å². The molecule has 1 N–H and O–H groups in total. The molecule has 4 aromatic rings. The van der Waals surface area contributed by atoms with E-state index in [0.29, 0.717) is 47.3 Å². The maximum atomic E-state index is 12.8. The molecule has 1 aliphatic rings. The van der Waals surface area contributed by atoms with Crippen molar-refractivity contribution in [3.63, 3.8) is 0 Å². The molecule has 5 rings (SSSR count). The first kappa shape index (κ1) is 20.2. The average Bonchev–Trinajstić information content (AvgIpc) is 3.11. The number of benzene rings is 1. The van der Waals surface area contributed by atoms with Crippen molar-refractivity contribution < 1.29 is 4.74 Å². The number of aryl methyl sites for hydroxylation is 2.